The molecule has 0 radical (unpaired) electrons. The molecule has 5 rings (SSSR count). The molecule has 2 aromatic heterocycles. The van der Waals surface area contributed by atoms with Gasteiger partial charge in [-0.2, -0.15) is 5.10 Å². The monoisotopic (exact) mass is 481 g/mol. The van der Waals surface area contributed by atoms with Gasteiger partial charge < -0.3 is 10.1 Å². The highest BCUT2D eigenvalue weighted by Gasteiger charge is 2.24. The van der Waals surface area contributed by atoms with Crippen LogP contribution in [-0.2, 0) is 17.8 Å². The second-order valence-electron chi connectivity index (χ2n) is 9.91. The zero-order valence-electron chi connectivity index (χ0n) is 20.2. The van der Waals surface area contributed by atoms with E-state index in [1.807, 2.05) is 18.3 Å². The summed E-state index contributed by atoms with van der Waals surface area (Å²) in [5.41, 5.74) is 5.90. The molecule has 2 saturated heterocycles. The third kappa shape index (κ3) is 5.62. The molecule has 2 aliphatic heterocycles. The molecule has 34 heavy (non-hydrogen) atoms. The fraction of sp³-hybridized carbons (Fsp3) is 0.556. The third-order valence-corrected chi connectivity index (χ3v) is 7.66. The van der Waals surface area contributed by atoms with Crippen molar-refractivity contribution in [3.05, 3.63) is 64.1 Å². The number of aromatic nitrogens is 3. The number of benzene rings is 1. The van der Waals surface area contributed by atoms with E-state index in [-0.39, 0.29) is 0 Å². The molecule has 3 aromatic rings. The molecule has 1 N–H and O–H groups in total. The Bertz CT molecular complexity index is 1080. The van der Waals surface area contributed by atoms with Crippen molar-refractivity contribution in [2.24, 2.45) is 5.92 Å². The summed E-state index contributed by atoms with van der Waals surface area (Å²) in [6.07, 6.45) is 7.94. The van der Waals surface area contributed by atoms with E-state index >= 15 is 0 Å². The highest BCUT2D eigenvalue weighted by Crippen LogP contribution is 2.29. The van der Waals surface area contributed by atoms with Crippen molar-refractivity contribution in [2.75, 3.05) is 32.8 Å². The van der Waals surface area contributed by atoms with Gasteiger partial charge in [0, 0.05) is 55.5 Å². The molecule has 0 saturated carbocycles. The Morgan fingerprint density at radius 1 is 1.09 bits per heavy atom. The van der Waals surface area contributed by atoms with E-state index in [9.17, 15) is 0 Å². The maximum absolute atomic E-state index is 6.09. The Hall–Kier alpha value is -1.99. The maximum Gasteiger partial charge on any atom is 0.159 e. The number of likely N-dealkylation sites (tertiary alicyclic amines) is 1. The van der Waals surface area contributed by atoms with E-state index in [0.717, 1.165) is 75.1 Å². The molecular weight excluding hydrogens is 446 g/mol. The summed E-state index contributed by atoms with van der Waals surface area (Å²) >= 11 is 6.09. The van der Waals surface area contributed by atoms with Crippen LogP contribution < -0.4 is 5.32 Å². The van der Waals surface area contributed by atoms with Crippen LogP contribution in [0.2, 0.25) is 5.02 Å². The molecule has 2 fully saturated rings. The maximum atomic E-state index is 6.09. The van der Waals surface area contributed by atoms with E-state index in [4.69, 9.17) is 26.4 Å². The molecule has 6 nitrogen and oxygen atoms in total. The first kappa shape index (κ1) is 23.7. The lowest BCUT2D eigenvalue weighted by Gasteiger charge is -2.25. The van der Waals surface area contributed by atoms with Crippen molar-refractivity contribution in [2.45, 2.75) is 58.0 Å². The summed E-state index contributed by atoms with van der Waals surface area (Å²) in [6, 6.07) is 10.4. The second kappa shape index (κ2) is 11.2. The van der Waals surface area contributed by atoms with Crippen molar-refractivity contribution in [3.8, 4) is 0 Å². The van der Waals surface area contributed by atoms with Gasteiger partial charge in [0.1, 0.15) is 0 Å². The van der Waals surface area contributed by atoms with E-state index in [1.54, 1.807) is 0 Å². The topological polar surface area (TPSA) is 54.7 Å². The molecule has 182 valence electrons. The fourth-order valence-electron chi connectivity index (χ4n) is 5.44. The third-order valence-electron chi connectivity index (χ3n) is 7.41. The van der Waals surface area contributed by atoms with Gasteiger partial charge in [0.2, 0.25) is 0 Å². The number of rotatable bonds is 7. The van der Waals surface area contributed by atoms with Crippen LogP contribution in [0.4, 0.5) is 0 Å². The first-order chi connectivity index (χ1) is 16.7. The smallest absolute Gasteiger partial charge is 0.159 e. The van der Waals surface area contributed by atoms with Gasteiger partial charge in [0.25, 0.3) is 0 Å². The second-order valence-corrected chi connectivity index (χ2v) is 10.3. The zero-order valence-corrected chi connectivity index (χ0v) is 20.9. The van der Waals surface area contributed by atoms with Crippen LogP contribution in [0.5, 0.6) is 0 Å². The van der Waals surface area contributed by atoms with Crippen LogP contribution in [0.3, 0.4) is 0 Å². The summed E-state index contributed by atoms with van der Waals surface area (Å²) in [5.74, 6) is 1.15. The predicted octanol–water partition coefficient (Wildman–Crippen LogP) is 4.98. The molecule has 1 unspecified atom stereocenters. The molecular formula is C27H36ClN5O. The van der Waals surface area contributed by atoms with E-state index < -0.39 is 0 Å². The number of halogens is 1. The van der Waals surface area contributed by atoms with Crippen molar-refractivity contribution < 1.29 is 4.74 Å². The van der Waals surface area contributed by atoms with Crippen LogP contribution in [0, 0.1) is 12.8 Å². The lowest BCUT2D eigenvalue weighted by atomic mass is 9.99. The van der Waals surface area contributed by atoms with Gasteiger partial charge in [-0.15, -0.1) is 0 Å². The number of nitrogens with one attached hydrogen (secondary N) is 1. The Balaban J connectivity index is 1.31. The van der Waals surface area contributed by atoms with Crippen molar-refractivity contribution in [3.63, 3.8) is 0 Å². The summed E-state index contributed by atoms with van der Waals surface area (Å²) in [6.45, 7) is 8.88. The highest BCUT2D eigenvalue weighted by molar-refractivity contribution is 6.30. The van der Waals surface area contributed by atoms with Crippen molar-refractivity contribution in [1.29, 1.82) is 0 Å². The van der Waals surface area contributed by atoms with Crippen LogP contribution >= 0.6 is 11.6 Å². The van der Waals surface area contributed by atoms with Crippen LogP contribution in [0.15, 0.2) is 36.5 Å². The van der Waals surface area contributed by atoms with Crippen LogP contribution in [-0.4, -0.2) is 52.3 Å². The number of nitrogens with zero attached hydrogens (tertiary/aromatic N) is 4. The van der Waals surface area contributed by atoms with Gasteiger partial charge in [0.05, 0.1) is 11.4 Å². The largest absolute Gasteiger partial charge is 0.381 e. The van der Waals surface area contributed by atoms with Crippen LogP contribution in [0.1, 0.15) is 60.5 Å². The molecule has 1 aromatic carbocycles. The Kier molecular flexibility index (Phi) is 7.80. The Morgan fingerprint density at radius 3 is 2.74 bits per heavy atom. The van der Waals surface area contributed by atoms with Gasteiger partial charge >= 0.3 is 0 Å². The molecule has 0 aliphatic carbocycles. The number of fused-ring (bicyclic) bond motifs is 1. The van der Waals surface area contributed by atoms with E-state index in [0.29, 0.717) is 11.8 Å². The first-order valence-electron chi connectivity index (χ1n) is 12.8. The molecule has 0 spiro atoms. The SMILES string of the molecule is Cc1nn2c(C3CCCCN(Cc4ccc(Cl)cc4)C3)ccnc2c1CNCC1CCOCC1. The minimum atomic E-state index is 0.447. The van der Waals surface area contributed by atoms with E-state index in [2.05, 4.69) is 39.9 Å². The fourth-order valence-corrected chi connectivity index (χ4v) is 5.56. The average molecular weight is 482 g/mol. The molecule has 7 heteroatoms. The van der Waals surface area contributed by atoms with Crippen molar-refractivity contribution >= 4 is 17.2 Å². The molecule has 0 amide bonds. The lowest BCUT2D eigenvalue weighted by molar-refractivity contribution is 0.0662. The summed E-state index contributed by atoms with van der Waals surface area (Å²) < 4.78 is 7.62. The van der Waals surface area contributed by atoms with Gasteiger partial charge in [-0.25, -0.2) is 9.50 Å². The van der Waals surface area contributed by atoms with Gasteiger partial charge in [-0.05, 0) is 75.4 Å². The summed E-state index contributed by atoms with van der Waals surface area (Å²) in [4.78, 5) is 7.34. The normalized spacial score (nSPS) is 20.6. The molecule has 4 heterocycles. The van der Waals surface area contributed by atoms with Crippen molar-refractivity contribution in [1.82, 2.24) is 24.8 Å². The quantitative estimate of drug-likeness (QED) is 0.516. The standard InChI is InChI=1S/C27H36ClN5O/c1-20-25(17-29-16-21-10-14-34-15-11-21)27-30-12-9-26(33(27)31-20)23-4-2-3-13-32(19-23)18-22-5-7-24(28)8-6-22/h5-9,12,21,23,29H,2-4,10-11,13-19H2,1H3. The highest BCUT2D eigenvalue weighted by atomic mass is 35.5. The molecule has 0 bridgehead atoms. The lowest BCUT2D eigenvalue weighted by Crippen LogP contribution is -2.28. The Morgan fingerprint density at radius 2 is 1.91 bits per heavy atom. The van der Waals surface area contributed by atoms with Gasteiger partial charge in [-0.3, -0.25) is 4.90 Å². The summed E-state index contributed by atoms with van der Waals surface area (Å²) in [7, 11) is 0. The predicted molar refractivity (Wildman–Crippen MR) is 136 cm³/mol. The minimum absolute atomic E-state index is 0.447. The van der Waals surface area contributed by atoms with Gasteiger partial charge in [-0.1, -0.05) is 30.2 Å². The van der Waals surface area contributed by atoms with Crippen LogP contribution in [0.25, 0.3) is 5.65 Å². The zero-order chi connectivity index (χ0) is 23.3. The number of aryl methyl sites for hydroxylation is 1. The Labute approximate surface area is 207 Å². The number of ether oxygens (including phenoxy) is 1. The molecule has 2 aliphatic rings. The minimum Gasteiger partial charge on any atom is -0.381 e. The molecule has 1 atom stereocenters. The average Bonchev–Trinajstić information content (AvgIpc) is 3.01. The first-order valence-corrected chi connectivity index (χ1v) is 13.1. The number of hydrogen-bond acceptors (Lipinski definition) is 5. The number of hydrogen-bond donors (Lipinski definition) is 1. The van der Waals surface area contributed by atoms with Gasteiger partial charge in [0.15, 0.2) is 5.65 Å². The van der Waals surface area contributed by atoms with E-state index in [1.165, 1.54) is 36.1 Å². The summed E-state index contributed by atoms with van der Waals surface area (Å²) in [5, 5.41) is 9.43.